The lowest BCUT2D eigenvalue weighted by atomic mass is 10.2. The van der Waals surface area contributed by atoms with Gasteiger partial charge >= 0.3 is 0 Å². The predicted octanol–water partition coefficient (Wildman–Crippen LogP) is 2.07. The van der Waals surface area contributed by atoms with Crippen molar-refractivity contribution in [1.82, 2.24) is 5.32 Å². The Labute approximate surface area is 77.5 Å². The highest BCUT2D eigenvalue weighted by atomic mass is 35.5. The van der Waals surface area contributed by atoms with Crippen molar-refractivity contribution in [1.29, 1.82) is 0 Å². The summed E-state index contributed by atoms with van der Waals surface area (Å²) in [5, 5.41) is 3.76. The van der Waals surface area contributed by atoms with Gasteiger partial charge in [0.1, 0.15) is 5.75 Å². The van der Waals surface area contributed by atoms with Crippen LogP contribution in [0.2, 0.25) is 5.02 Å². The molecule has 0 saturated heterocycles. The van der Waals surface area contributed by atoms with Gasteiger partial charge in [-0.15, -0.1) is 0 Å². The Morgan fingerprint density at radius 1 is 1.42 bits per heavy atom. The largest absolute Gasteiger partial charge is 0.497 e. The standard InChI is InChI=1S/C9H12ClNO/c1-11-6-7-3-8(10)5-9(4-7)12-2/h3-5,11H,6H2,1-2H3. The molecular weight excluding hydrogens is 174 g/mol. The molecule has 0 atom stereocenters. The number of methoxy groups -OCH3 is 1. The molecule has 1 aromatic carbocycles. The molecule has 0 aliphatic rings. The maximum Gasteiger partial charge on any atom is 0.120 e. The van der Waals surface area contributed by atoms with Crippen LogP contribution in [0.4, 0.5) is 0 Å². The molecule has 1 N–H and O–H groups in total. The predicted molar refractivity (Wildman–Crippen MR) is 50.8 cm³/mol. The molecule has 0 heterocycles. The van der Waals surface area contributed by atoms with Crippen LogP contribution in [0.3, 0.4) is 0 Å². The highest BCUT2D eigenvalue weighted by Gasteiger charge is 1.97. The first-order chi connectivity index (χ1) is 5.76. The first-order valence-electron chi connectivity index (χ1n) is 3.74. The first kappa shape index (κ1) is 9.36. The summed E-state index contributed by atoms with van der Waals surface area (Å²) in [4.78, 5) is 0. The van der Waals surface area contributed by atoms with Gasteiger partial charge in [-0.2, -0.15) is 0 Å². The molecule has 3 heteroatoms. The van der Waals surface area contributed by atoms with E-state index in [9.17, 15) is 0 Å². The van der Waals surface area contributed by atoms with E-state index >= 15 is 0 Å². The van der Waals surface area contributed by atoms with Crippen LogP contribution >= 0.6 is 11.6 Å². The summed E-state index contributed by atoms with van der Waals surface area (Å²) in [6, 6.07) is 5.67. The van der Waals surface area contributed by atoms with Crippen LogP contribution < -0.4 is 10.1 Å². The Morgan fingerprint density at radius 3 is 2.75 bits per heavy atom. The summed E-state index contributed by atoms with van der Waals surface area (Å²) in [5.74, 6) is 0.799. The number of hydrogen-bond acceptors (Lipinski definition) is 2. The van der Waals surface area contributed by atoms with Crippen molar-refractivity contribution in [3.8, 4) is 5.75 Å². The minimum absolute atomic E-state index is 0.708. The minimum Gasteiger partial charge on any atom is -0.497 e. The van der Waals surface area contributed by atoms with Gasteiger partial charge in [0.15, 0.2) is 0 Å². The van der Waals surface area contributed by atoms with Crippen LogP contribution in [0.15, 0.2) is 18.2 Å². The topological polar surface area (TPSA) is 21.3 Å². The van der Waals surface area contributed by atoms with Crippen molar-refractivity contribution in [3.63, 3.8) is 0 Å². The number of halogens is 1. The average molecular weight is 186 g/mol. The molecule has 0 aliphatic carbocycles. The Morgan fingerprint density at radius 2 is 2.17 bits per heavy atom. The fraction of sp³-hybridized carbons (Fsp3) is 0.333. The summed E-state index contributed by atoms with van der Waals surface area (Å²) < 4.78 is 5.07. The number of benzene rings is 1. The van der Waals surface area contributed by atoms with Crippen molar-refractivity contribution in [2.45, 2.75) is 6.54 Å². The van der Waals surface area contributed by atoms with Gasteiger partial charge in [0.25, 0.3) is 0 Å². The summed E-state index contributed by atoms with van der Waals surface area (Å²) in [6.07, 6.45) is 0. The molecule has 0 spiro atoms. The molecule has 0 aliphatic heterocycles. The molecule has 0 saturated carbocycles. The van der Waals surface area contributed by atoms with E-state index in [-0.39, 0.29) is 0 Å². The van der Waals surface area contributed by atoms with E-state index in [1.165, 1.54) is 0 Å². The third-order valence-electron chi connectivity index (χ3n) is 1.55. The number of ether oxygens (including phenoxy) is 1. The monoisotopic (exact) mass is 185 g/mol. The average Bonchev–Trinajstić information content (AvgIpc) is 2.04. The van der Waals surface area contributed by atoms with Gasteiger partial charge in [0.2, 0.25) is 0 Å². The molecule has 66 valence electrons. The van der Waals surface area contributed by atoms with Gasteiger partial charge < -0.3 is 10.1 Å². The first-order valence-corrected chi connectivity index (χ1v) is 4.12. The lowest BCUT2D eigenvalue weighted by Crippen LogP contribution is -2.04. The lowest BCUT2D eigenvalue weighted by molar-refractivity contribution is 0.414. The quantitative estimate of drug-likeness (QED) is 0.779. The van der Waals surface area contributed by atoms with E-state index in [1.807, 2.05) is 19.2 Å². The lowest BCUT2D eigenvalue weighted by Gasteiger charge is -2.04. The zero-order valence-corrected chi connectivity index (χ0v) is 7.98. The van der Waals surface area contributed by atoms with E-state index in [4.69, 9.17) is 16.3 Å². The fourth-order valence-corrected chi connectivity index (χ4v) is 1.29. The molecular formula is C9H12ClNO. The molecule has 2 nitrogen and oxygen atoms in total. The van der Waals surface area contributed by atoms with E-state index in [0.717, 1.165) is 17.9 Å². The Balaban J connectivity index is 2.90. The van der Waals surface area contributed by atoms with Crippen LogP contribution in [-0.2, 0) is 6.54 Å². The maximum absolute atomic E-state index is 5.86. The van der Waals surface area contributed by atoms with E-state index in [0.29, 0.717) is 5.02 Å². The van der Waals surface area contributed by atoms with Crippen LogP contribution in [-0.4, -0.2) is 14.2 Å². The molecule has 1 rings (SSSR count). The van der Waals surface area contributed by atoms with Crippen LogP contribution in [0, 0.1) is 0 Å². The summed E-state index contributed by atoms with van der Waals surface area (Å²) >= 11 is 5.86. The minimum atomic E-state index is 0.708. The van der Waals surface area contributed by atoms with Crippen molar-refractivity contribution < 1.29 is 4.74 Å². The molecule has 0 fully saturated rings. The van der Waals surface area contributed by atoms with Gasteiger partial charge in [-0.1, -0.05) is 11.6 Å². The molecule has 0 aromatic heterocycles. The van der Waals surface area contributed by atoms with Crippen molar-refractivity contribution >= 4 is 11.6 Å². The van der Waals surface area contributed by atoms with Gasteiger partial charge in [0.05, 0.1) is 7.11 Å². The number of nitrogens with one attached hydrogen (secondary N) is 1. The van der Waals surface area contributed by atoms with E-state index < -0.39 is 0 Å². The third kappa shape index (κ3) is 2.40. The molecule has 1 aromatic rings. The molecule has 0 amide bonds. The van der Waals surface area contributed by atoms with Crippen LogP contribution in [0.25, 0.3) is 0 Å². The third-order valence-corrected chi connectivity index (χ3v) is 1.77. The summed E-state index contributed by atoms with van der Waals surface area (Å²) in [6.45, 7) is 0.803. The Bertz CT molecular complexity index is 263. The van der Waals surface area contributed by atoms with Gasteiger partial charge in [-0.25, -0.2) is 0 Å². The molecule has 12 heavy (non-hydrogen) atoms. The zero-order chi connectivity index (χ0) is 8.97. The second kappa shape index (κ2) is 4.33. The zero-order valence-electron chi connectivity index (χ0n) is 7.23. The molecule has 0 bridgehead atoms. The van der Waals surface area contributed by atoms with Gasteiger partial charge in [-0.05, 0) is 30.8 Å². The highest BCUT2D eigenvalue weighted by molar-refractivity contribution is 6.30. The highest BCUT2D eigenvalue weighted by Crippen LogP contribution is 2.20. The number of hydrogen-bond donors (Lipinski definition) is 1. The summed E-state index contributed by atoms with van der Waals surface area (Å²) in [5.41, 5.74) is 1.13. The van der Waals surface area contributed by atoms with Gasteiger partial charge in [-0.3, -0.25) is 0 Å². The van der Waals surface area contributed by atoms with Gasteiger partial charge in [0, 0.05) is 11.6 Å². The second-order valence-corrected chi connectivity index (χ2v) is 2.97. The van der Waals surface area contributed by atoms with Crippen molar-refractivity contribution in [2.75, 3.05) is 14.2 Å². The van der Waals surface area contributed by atoms with Crippen LogP contribution in [0.5, 0.6) is 5.75 Å². The van der Waals surface area contributed by atoms with E-state index in [2.05, 4.69) is 5.32 Å². The SMILES string of the molecule is CNCc1cc(Cl)cc(OC)c1. The summed E-state index contributed by atoms with van der Waals surface area (Å²) in [7, 11) is 3.53. The Hall–Kier alpha value is -0.730. The number of rotatable bonds is 3. The van der Waals surface area contributed by atoms with Crippen molar-refractivity contribution in [3.05, 3.63) is 28.8 Å². The normalized spacial score (nSPS) is 9.92. The molecule has 0 unspecified atom stereocenters. The second-order valence-electron chi connectivity index (χ2n) is 2.53. The molecule has 0 radical (unpaired) electrons. The van der Waals surface area contributed by atoms with Crippen molar-refractivity contribution in [2.24, 2.45) is 0 Å². The van der Waals surface area contributed by atoms with Crippen LogP contribution in [0.1, 0.15) is 5.56 Å². The maximum atomic E-state index is 5.86. The Kier molecular flexibility index (Phi) is 3.38. The van der Waals surface area contributed by atoms with E-state index in [1.54, 1.807) is 13.2 Å². The fourth-order valence-electron chi connectivity index (χ4n) is 1.04. The smallest absolute Gasteiger partial charge is 0.120 e.